The van der Waals surface area contributed by atoms with E-state index >= 15 is 0 Å². The summed E-state index contributed by atoms with van der Waals surface area (Å²) in [5.74, 6) is 0.727. The fourth-order valence-electron chi connectivity index (χ4n) is 3.76. The van der Waals surface area contributed by atoms with Gasteiger partial charge in [-0.05, 0) is 28.8 Å². The molecule has 0 bridgehead atoms. The standard InChI is InChI=1S/C29H24FNO4S/c1-33-24-13-12-21(14-22(24)30)28(32)29-31-23-15-25(34-17-19-8-4-2-5-9-19)26(16-27(23)36-29)35-18-20-10-6-3-7-11-20/h2-16,28,32H,17-18H2,1H3. The number of thiazole rings is 1. The van der Waals surface area contributed by atoms with Gasteiger partial charge in [-0.3, -0.25) is 0 Å². The Morgan fingerprint density at radius 1 is 0.806 bits per heavy atom. The molecule has 4 aromatic carbocycles. The average Bonchev–Trinajstić information content (AvgIpc) is 3.34. The number of ether oxygens (including phenoxy) is 3. The lowest BCUT2D eigenvalue weighted by atomic mass is 10.1. The average molecular weight is 502 g/mol. The molecule has 0 aliphatic carbocycles. The quantitative estimate of drug-likeness (QED) is 0.244. The first-order chi connectivity index (χ1) is 17.6. The van der Waals surface area contributed by atoms with Crippen molar-refractivity contribution in [1.82, 2.24) is 4.98 Å². The third-order valence-electron chi connectivity index (χ3n) is 5.67. The molecule has 0 radical (unpaired) electrons. The predicted molar refractivity (Wildman–Crippen MR) is 138 cm³/mol. The van der Waals surface area contributed by atoms with Crippen molar-refractivity contribution in [2.75, 3.05) is 7.11 Å². The van der Waals surface area contributed by atoms with Gasteiger partial charge < -0.3 is 19.3 Å². The van der Waals surface area contributed by atoms with Gasteiger partial charge in [-0.15, -0.1) is 11.3 Å². The molecular weight excluding hydrogens is 477 g/mol. The molecule has 1 N–H and O–H groups in total. The molecule has 5 nitrogen and oxygen atoms in total. The summed E-state index contributed by atoms with van der Waals surface area (Å²) in [6.45, 7) is 0.756. The molecule has 0 aliphatic heterocycles. The Bertz CT molecular complexity index is 1380. The van der Waals surface area contributed by atoms with Crippen molar-refractivity contribution >= 4 is 21.6 Å². The zero-order chi connectivity index (χ0) is 24.9. The number of nitrogens with zero attached hydrogens (tertiary/aromatic N) is 1. The number of fused-ring (bicyclic) bond motifs is 1. The zero-order valence-electron chi connectivity index (χ0n) is 19.6. The van der Waals surface area contributed by atoms with Crippen molar-refractivity contribution in [2.24, 2.45) is 0 Å². The van der Waals surface area contributed by atoms with Crippen molar-refractivity contribution in [3.05, 3.63) is 119 Å². The van der Waals surface area contributed by atoms with Gasteiger partial charge in [0.2, 0.25) is 0 Å². The topological polar surface area (TPSA) is 60.8 Å². The van der Waals surface area contributed by atoms with E-state index in [9.17, 15) is 9.50 Å². The lowest BCUT2D eigenvalue weighted by Crippen LogP contribution is -2.01. The molecule has 0 amide bonds. The van der Waals surface area contributed by atoms with Crippen molar-refractivity contribution in [3.8, 4) is 17.2 Å². The monoisotopic (exact) mass is 501 g/mol. The highest BCUT2D eigenvalue weighted by atomic mass is 32.1. The van der Waals surface area contributed by atoms with Crippen molar-refractivity contribution in [2.45, 2.75) is 19.3 Å². The predicted octanol–water partition coefficient (Wildman–Crippen LogP) is 6.68. The van der Waals surface area contributed by atoms with Gasteiger partial charge in [-0.25, -0.2) is 9.37 Å². The number of aliphatic hydroxyl groups excluding tert-OH is 1. The van der Waals surface area contributed by atoms with E-state index in [0.717, 1.165) is 15.8 Å². The smallest absolute Gasteiger partial charge is 0.165 e. The number of halogens is 1. The minimum Gasteiger partial charge on any atom is -0.494 e. The molecule has 0 spiro atoms. The van der Waals surface area contributed by atoms with Gasteiger partial charge in [0.15, 0.2) is 23.1 Å². The molecule has 1 atom stereocenters. The number of aromatic nitrogens is 1. The number of methoxy groups -OCH3 is 1. The largest absolute Gasteiger partial charge is 0.494 e. The van der Waals surface area contributed by atoms with Gasteiger partial charge in [0, 0.05) is 12.1 Å². The number of benzene rings is 4. The lowest BCUT2D eigenvalue weighted by Gasteiger charge is -2.13. The van der Waals surface area contributed by atoms with Crippen LogP contribution in [0.2, 0.25) is 0 Å². The molecule has 1 aromatic heterocycles. The van der Waals surface area contributed by atoms with Crippen LogP contribution in [0, 0.1) is 5.82 Å². The number of hydrogen-bond acceptors (Lipinski definition) is 6. The van der Waals surface area contributed by atoms with E-state index in [1.165, 1.54) is 30.6 Å². The van der Waals surface area contributed by atoms with E-state index in [1.807, 2.05) is 72.8 Å². The molecule has 7 heteroatoms. The number of aliphatic hydroxyl groups is 1. The van der Waals surface area contributed by atoms with Crippen LogP contribution in [0.3, 0.4) is 0 Å². The van der Waals surface area contributed by atoms with E-state index in [1.54, 1.807) is 6.07 Å². The first-order valence-corrected chi connectivity index (χ1v) is 12.2. The molecule has 182 valence electrons. The normalized spacial score (nSPS) is 11.9. The van der Waals surface area contributed by atoms with Crippen molar-refractivity contribution in [1.29, 1.82) is 0 Å². The van der Waals surface area contributed by atoms with Crippen LogP contribution in [0.5, 0.6) is 17.2 Å². The molecule has 0 saturated carbocycles. The molecule has 0 aliphatic rings. The number of rotatable bonds is 9. The SMILES string of the molecule is COc1ccc(C(O)c2nc3cc(OCc4ccccc4)c(OCc4ccccc4)cc3s2)cc1F. The van der Waals surface area contributed by atoms with Crippen LogP contribution in [0.15, 0.2) is 91.0 Å². The van der Waals surface area contributed by atoms with Gasteiger partial charge in [-0.2, -0.15) is 0 Å². The Hall–Kier alpha value is -3.94. The summed E-state index contributed by atoms with van der Waals surface area (Å²) in [5, 5.41) is 11.3. The first kappa shape index (κ1) is 23.8. The molecule has 5 aromatic rings. The second-order valence-corrected chi connectivity index (χ2v) is 9.23. The third kappa shape index (κ3) is 5.32. The fraction of sp³-hybridized carbons (Fsp3) is 0.138. The van der Waals surface area contributed by atoms with Crippen LogP contribution >= 0.6 is 11.3 Å². The van der Waals surface area contributed by atoms with Crippen LogP contribution in [-0.4, -0.2) is 17.2 Å². The van der Waals surface area contributed by atoms with E-state index in [0.29, 0.717) is 40.8 Å². The Balaban J connectivity index is 1.45. The second kappa shape index (κ2) is 10.8. The molecule has 5 rings (SSSR count). The van der Waals surface area contributed by atoms with Crippen LogP contribution < -0.4 is 14.2 Å². The van der Waals surface area contributed by atoms with E-state index < -0.39 is 11.9 Å². The van der Waals surface area contributed by atoms with E-state index in [4.69, 9.17) is 14.2 Å². The summed E-state index contributed by atoms with van der Waals surface area (Å²) in [5.41, 5.74) is 3.13. The summed E-state index contributed by atoms with van der Waals surface area (Å²) in [7, 11) is 1.40. The Morgan fingerprint density at radius 3 is 2.00 bits per heavy atom. The highest BCUT2D eigenvalue weighted by Crippen LogP contribution is 2.38. The highest BCUT2D eigenvalue weighted by molar-refractivity contribution is 7.18. The maximum Gasteiger partial charge on any atom is 0.165 e. The molecular formula is C29H24FNO4S. The van der Waals surface area contributed by atoms with Gasteiger partial charge in [-0.1, -0.05) is 66.7 Å². The van der Waals surface area contributed by atoms with Gasteiger partial charge in [0.05, 0.1) is 17.3 Å². The summed E-state index contributed by atoms with van der Waals surface area (Å²) < 4.78 is 32.3. The van der Waals surface area contributed by atoms with Gasteiger partial charge in [0.1, 0.15) is 24.3 Å². The Labute approximate surface area is 212 Å². The van der Waals surface area contributed by atoms with Crippen molar-refractivity contribution < 1.29 is 23.7 Å². The van der Waals surface area contributed by atoms with Crippen LogP contribution in [0.4, 0.5) is 4.39 Å². The maximum absolute atomic E-state index is 14.2. The first-order valence-electron chi connectivity index (χ1n) is 11.4. The molecule has 0 fully saturated rings. The second-order valence-electron chi connectivity index (χ2n) is 8.16. The minimum absolute atomic E-state index is 0.121. The van der Waals surface area contributed by atoms with Gasteiger partial charge >= 0.3 is 0 Å². The lowest BCUT2D eigenvalue weighted by molar-refractivity contribution is 0.219. The summed E-state index contributed by atoms with van der Waals surface area (Å²) in [6.07, 6.45) is -1.08. The van der Waals surface area contributed by atoms with Crippen LogP contribution in [-0.2, 0) is 13.2 Å². The molecule has 1 unspecified atom stereocenters. The zero-order valence-corrected chi connectivity index (χ0v) is 20.4. The molecule has 0 saturated heterocycles. The molecule has 36 heavy (non-hydrogen) atoms. The molecule has 1 heterocycles. The minimum atomic E-state index is -1.08. The van der Waals surface area contributed by atoms with E-state index in [-0.39, 0.29) is 5.75 Å². The van der Waals surface area contributed by atoms with E-state index in [2.05, 4.69) is 4.98 Å². The van der Waals surface area contributed by atoms with Crippen LogP contribution in [0.25, 0.3) is 10.2 Å². The number of hydrogen-bond donors (Lipinski definition) is 1. The maximum atomic E-state index is 14.2. The summed E-state index contributed by atoms with van der Waals surface area (Å²) in [4.78, 5) is 4.62. The Kier molecular flexibility index (Phi) is 7.11. The third-order valence-corrected chi connectivity index (χ3v) is 6.74. The summed E-state index contributed by atoms with van der Waals surface area (Å²) >= 11 is 1.32. The Morgan fingerprint density at radius 2 is 1.42 bits per heavy atom. The van der Waals surface area contributed by atoms with Crippen molar-refractivity contribution in [3.63, 3.8) is 0 Å². The fourth-order valence-corrected chi connectivity index (χ4v) is 4.75. The summed E-state index contributed by atoms with van der Waals surface area (Å²) in [6, 6.07) is 27.8. The van der Waals surface area contributed by atoms with Crippen LogP contribution in [0.1, 0.15) is 27.8 Å². The van der Waals surface area contributed by atoms with Gasteiger partial charge in [0.25, 0.3) is 0 Å². The highest BCUT2D eigenvalue weighted by Gasteiger charge is 2.19.